The number of hydrogen-bond acceptors (Lipinski definition) is 5. The quantitative estimate of drug-likeness (QED) is 0.527. The molecule has 3 aliphatic rings. The summed E-state index contributed by atoms with van der Waals surface area (Å²) in [6, 6.07) is 0. The molecule has 0 aromatic rings. The number of esters is 1. The van der Waals surface area contributed by atoms with E-state index in [9.17, 15) is 9.59 Å². The number of fused-ring (bicyclic) bond motifs is 3. The number of allylic oxidation sites excluding steroid dienone is 3. The van der Waals surface area contributed by atoms with Crippen LogP contribution in [0.25, 0.3) is 0 Å². The van der Waals surface area contributed by atoms with Crippen LogP contribution in [0.15, 0.2) is 35.5 Å². The number of hydrogen-bond donors (Lipinski definition) is 1. The number of carbonyl (C=O) groups is 2. The summed E-state index contributed by atoms with van der Waals surface area (Å²) in [7, 11) is 1.61. The fourth-order valence-electron chi connectivity index (χ4n) is 5.37. The van der Waals surface area contributed by atoms with E-state index in [0.717, 1.165) is 12.0 Å². The van der Waals surface area contributed by atoms with Crippen LogP contribution in [-0.4, -0.2) is 43.0 Å². The fourth-order valence-corrected chi connectivity index (χ4v) is 5.37. The maximum Gasteiger partial charge on any atom is 0.303 e. The van der Waals surface area contributed by atoms with Crippen LogP contribution >= 0.6 is 0 Å². The molecular weight excluding hydrogens is 394 g/mol. The standard InChI is InChI=1S/C25H37NO5/c1-15(2)20-9-8-16(3)21-13-23(30-18(5)28)24(6)10-11-25(29-7,31-24)19(12-22(20)21)14-26-17(4)27/h8,10-12,15,20-23H,9,13-14H2,1-7H3,(H,26,27)/b19-12-/t20-,21+,22-,23+,24+,25-/m1/s1. The van der Waals surface area contributed by atoms with E-state index in [0.29, 0.717) is 24.8 Å². The van der Waals surface area contributed by atoms with Crippen LogP contribution in [0.1, 0.15) is 54.4 Å². The van der Waals surface area contributed by atoms with Crippen molar-refractivity contribution in [2.75, 3.05) is 13.7 Å². The Hall–Kier alpha value is -1.92. The van der Waals surface area contributed by atoms with Crippen LogP contribution in [0.2, 0.25) is 0 Å². The van der Waals surface area contributed by atoms with Gasteiger partial charge in [0.1, 0.15) is 11.7 Å². The minimum absolute atomic E-state index is 0.105. The van der Waals surface area contributed by atoms with Gasteiger partial charge in [0.25, 0.3) is 0 Å². The van der Waals surface area contributed by atoms with Crippen LogP contribution in [0.4, 0.5) is 0 Å². The van der Waals surface area contributed by atoms with Gasteiger partial charge in [-0.05, 0) is 62.5 Å². The number of rotatable bonds is 5. The SMILES string of the molecule is CO[C@]12C=C[C@](C)(O1)[C@@H](OC(C)=O)C[C@H]1C(C)=CC[C@H](C(C)C)[C@H]1/C=C\2CNC(C)=O. The lowest BCUT2D eigenvalue weighted by Gasteiger charge is -2.41. The molecular formula is C25H37NO5. The molecule has 2 aliphatic heterocycles. The first-order valence-electron chi connectivity index (χ1n) is 11.3. The molecule has 0 saturated heterocycles. The van der Waals surface area contributed by atoms with Gasteiger partial charge in [0, 0.05) is 33.1 Å². The predicted octanol–water partition coefficient (Wildman–Crippen LogP) is 3.93. The van der Waals surface area contributed by atoms with Gasteiger partial charge in [0.05, 0.1) is 0 Å². The highest BCUT2D eigenvalue weighted by atomic mass is 16.7. The lowest BCUT2D eigenvalue weighted by Crippen LogP contribution is -2.48. The first-order valence-corrected chi connectivity index (χ1v) is 11.3. The van der Waals surface area contributed by atoms with Gasteiger partial charge in [0.15, 0.2) is 0 Å². The van der Waals surface area contributed by atoms with E-state index >= 15 is 0 Å². The average Bonchev–Trinajstić information content (AvgIpc) is 3.06. The van der Waals surface area contributed by atoms with Crippen LogP contribution in [0.3, 0.4) is 0 Å². The molecule has 2 bridgehead atoms. The molecule has 0 aromatic carbocycles. The predicted molar refractivity (Wildman–Crippen MR) is 119 cm³/mol. The van der Waals surface area contributed by atoms with E-state index in [1.807, 2.05) is 19.1 Å². The van der Waals surface area contributed by atoms with E-state index in [1.165, 1.54) is 19.4 Å². The summed E-state index contributed by atoms with van der Waals surface area (Å²) in [5.41, 5.74) is 1.35. The Morgan fingerprint density at radius 3 is 2.58 bits per heavy atom. The van der Waals surface area contributed by atoms with Crippen molar-refractivity contribution in [1.29, 1.82) is 0 Å². The molecule has 6 atom stereocenters. The first kappa shape index (κ1) is 23.7. The molecule has 0 unspecified atom stereocenters. The third kappa shape index (κ3) is 4.65. The molecule has 6 heteroatoms. The second-order valence-electron chi connectivity index (χ2n) is 9.70. The van der Waals surface area contributed by atoms with E-state index in [2.05, 4.69) is 38.2 Å². The van der Waals surface area contributed by atoms with Gasteiger partial charge in [-0.1, -0.05) is 31.6 Å². The number of nitrogens with one attached hydrogen (secondary N) is 1. The molecule has 31 heavy (non-hydrogen) atoms. The summed E-state index contributed by atoms with van der Waals surface area (Å²) in [5, 5.41) is 2.93. The lowest BCUT2D eigenvalue weighted by molar-refractivity contribution is -0.226. The monoisotopic (exact) mass is 431 g/mol. The van der Waals surface area contributed by atoms with E-state index in [1.54, 1.807) is 7.11 Å². The van der Waals surface area contributed by atoms with Crippen molar-refractivity contribution in [2.45, 2.75) is 71.9 Å². The zero-order valence-electron chi connectivity index (χ0n) is 19.9. The number of carbonyl (C=O) groups excluding carboxylic acids is 2. The highest BCUT2D eigenvalue weighted by Gasteiger charge is 2.53. The topological polar surface area (TPSA) is 73.9 Å². The van der Waals surface area contributed by atoms with Crippen LogP contribution in [-0.2, 0) is 23.8 Å². The van der Waals surface area contributed by atoms with Crippen molar-refractivity contribution in [1.82, 2.24) is 5.32 Å². The molecule has 0 fully saturated rings. The van der Waals surface area contributed by atoms with Crippen LogP contribution < -0.4 is 5.32 Å². The van der Waals surface area contributed by atoms with Crippen molar-refractivity contribution in [3.8, 4) is 0 Å². The summed E-state index contributed by atoms with van der Waals surface area (Å²) in [5.74, 6) is -0.198. The molecule has 0 saturated carbocycles. The van der Waals surface area contributed by atoms with Gasteiger partial charge in [-0.3, -0.25) is 9.59 Å². The van der Waals surface area contributed by atoms with Crippen molar-refractivity contribution in [3.63, 3.8) is 0 Å². The van der Waals surface area contributed by atoms with E-state index in [4.69, 9.17) is 14.2 Å². The summed E-state index contributed by atoms with van der Waals surface area (Å²) >= 11 is 0. The molecule has 2 heterocycles. The fraction of sp³-hybridized carbons (Fsp3) is 0.680. The zero-order chi connectivity index (χ0) is 23.0. The van der Waals surface area contributed by atoms with Gasteiger partial charge in [-0.25, -0.2) is 0 Å². The molecule has 6 nitrogen and oxygen atoms in total. The molecule has 1 N–H and O–H groups in total. The lowest BCUT2D eigenvalue weighted by atomic mass is 9.65. The normalized spacial score (nSPS) is 38.8. The molecule has 1 amide bonds. The van der Waals surface area contributed by atoms with Gasteiger partial charge in [-0.15, -0.1) is 0 Å². The van der Waals surface area contributed by atoms with Gasteiger partial charge in [-0.2, -0.15) is 0 Å². The van der Waals surface area contributed by atoms with Gasteiger partial charge in [0.2, 0.25) is 11.7 Å². The first-order chi connectivity index (χ1) is 14.5. The number of ether oxygens (including phenoxy) is 3. The maximum atomic E-state index is 12.0. The third-order valence-electron chi connectivity index (χ3n) is 7.21. The Labute approximate surface area is 186 Å². The summed E-state index contributed by atoms with van der Waals surface area (Å²) in [4.78, 5) is 23.8. The van der Waals surface area contributed by atoms with Crippen molar-refractivity contribution < 1.29 is 23.8 Å². The Morgan fingerprint density at radius 2 is 2.00 bits per heavy atom. The molecule has 0 spiro atoms. The Bertz CT molecular complexity index is 813. The minimum atomic E-state index is -1.11. The summed E-state index contributed by atoms with van der Waals surface area (Å²) in [6.45, 7) is 11.9. The van der Waals surface area contributed by atoms with E-state index < -0.39 is 17.5 Å². The second-order valence-corrected chi connectivity index (χ2v) is 9.70. The number of methoxy groups -OCH3 is 1. The summed E-state index contributed by atoms with van der Waals surface area (Å²) in [6.07, 6.45) is 9.65. The Balaban J connectivity index is 2.17. The second kappa shape index (κ2) is 8.91. The molecule has 3 rings (SSSR count). The zero-order valence-corrected chi connectivity index (χ0v) is 19.9. The van der Waals surface area contributed by atoms with Crippen LogP contribution in [0.5, 0.6) is 0 Å². The number of amides is 1. The molecule has 0 radical (unpaired) electrons. The van der Waals surface area contributed by atoms with Gasteiger partial charge < -0.3 is 19.5 Å². The minimum Gasteiger partial charge on any atom is -0.459 e. The van der Waals surface area contributed by atoms with Crippen molar-refractivity contribution >= 4 is 11.9 Å². The van der Waals surface area contributed by atoms with E-state index in [-0.39, 0.29) is 23.7 Å². The maximum absolute atomic E-state index is 12.0. The molecule has 1 aliphatic carbocycles. The van der Waals surface area contributed by atoms with Gasteiger partial charge >= 0.3 is 5.97 Å². The average molecular weight is 432 g/mol. The summed E-state index contributed by atoms with van der Waals surface area (Å²) < 4.78 is 18.3. The van der Waals surface area contributed by atoms with Crippen LogP contribution in [0, 0.1) is 23.7 Å². The highest BCUT2D eigenvalue weighted by Crippen LogP contribution is 2.49. The Morgan fingerprint density at radius 1 is 1.29 bits per heavy atom. The Kier molecular flexibility index (Phi) is 6.82. The smallest absolute Gasteiger partial charge is 0.303 e. The third-order valence-corrected chi connectivity index (χ3v) is 7.21. The largest absolute Gasteiger partial charge is 0.459 e. The molecule has 172 valence electrons. The molecule has 0 aromatic heterocycles. The van der Waals surface area contributed by atoms with Crippen molar-refractivity contribution in [2.24, 2.45) is 23.7 Å². The highest BCUT2D eigenvalue weighted by molar-refractivity contribution is 5.73. The van der Waals surface area contributed by atoms with Crippen molar-refractivity contribution in [3.05, 3.63) is 35.5 Å².